The van der Waals surface area contributed by atoms with Crippen LogP contribution in [0.2, 0.25) is 10.0 Å². The molecule has 28 heavy (non-hydrogen) atoms. The summed E-state index contributed by atoms with van der Waals surface area (Å²) in [4.78, 5) is 12.1. The lowest BCUT2D eigenvalue weighted by Gasteiger charge is -2.09. The molecule has 0 bridgehead atoms. The Kier molecular flexibility index (Phi) is 5.76. The maximum absolute atomic E-state index is 13.6. The van der Waals surface area contributed by atoms with Crippen LogP contribution >= 0.6 is 23.2 Å². The third kappa shape index (κ3) is 4.20. The molecular weight excluding hydrogens is 425 g/mol. The number of carbonyl (C=O) groups is 1. The van der Waals surface area contributed by atoms with Gasteiger partial charge < -0.3 is 10.1 Å². The molecule has 3 rings (SSSR count). The van der Waals surface area contributed by atoms with E-state index in [0.29, 0.717) is 10.8 Å². The van der Waals surface area contributed by atoms with E-state index in [2.05, 4.69) is 5.10 Å². The van der Waals surface area contributed by atoms with Crippen LogP contribution in [0.25, 0.3) is 0 Å². The fourth-order valence-corrected chi connectivity index (χ4v) is 2.61. The third-order valence-corrected chi connectivity index (χ3v) is 4.00. The number of benzene rings is 2. The zero-order valence-electron chi connectivity index (χ0n) is 13.6. The Hall–Kier alpha value is -2.78. The van der Waals surface area contributed by atoms with E-state index in [4.69, 9.17) is 27.9 Å². The van der Waals surface area contributed by atoms with Crippen molar-refractivity contribution in [1.29, 1.82) is 0 Å². The molecule has 0 radical (unpaired) electrons. The minimum atomic E-state index is -1.73. The molecule has 0 saturated heterocycles. The van der Waals surface area contributed by atoms with Gasteiger partial charge in [-0.05, 0) is 24.3 Å². The number of halogens is 6. The molecule has 1 N–H and O–H groups in total. The van der Waals surface area contributed by atoms with Crippen molar-refractivity contribution in [3.63, 3.8) is 0 Å². The molecule has 0 spiro atoms. The van der Waals surface area contributed by atoms with E-state index in [1.807, 2.05) is 0 Å². The predicted octanol–water partition coefficient (Wildman–Crippen LogP) is 5.04. The van der Waals surface area contributed by atoms with Crippen LogP contribution in [0.3, 0.4) is 0 Å². The Morgan fingerprint density at radius 1 is 1.07 bits per heavy atom. The molecule has 0 aliphatic rings. The number of rotatable bonds is 5. The minimum absolute atomic E-state index is 0.0360. The predicted molar refractivity (Wildman–Crippen MR) is 93.5 cm³/mol. The summed E-state index contributed by atoms with van der Waals surface area (Å²) in [7, 11) is 0. The Balaban J connectivity index is 1.71. The highest BCUT2D eigenvalue weighted by molar-refractivity contribution is 6.35. The standard InChI is InChI=1S/C17H9Cl2F4N3O2/c18-8-1-2-13(9(19)5-8)28-7-26-4-3-12(25-26)17(27)24-16-14(22)10(20)6-11(21)15(16)23/h1-6H,7H2,(H,24,27). The first-order chi connectivity index (χ1) is 13.3. The number of carbonyl (C=O) groups excluding carboxylic acids is 1. The highest BCUT2D eigenvalue weighted by Crippen LogP contribution is 2.28. The van der Waals surface area contributed by atoms with Crippen molar-refractivity contribution < 1.29 is 27.1 Å². The number of nitrogens with one attached hydrogen (secondary N) is 1. The van der Waals surface area contributed by atoms with Crippen LogP contribution in [0, 0.1) is 23.3 Å². The zero-order valence-corrected chi connectivity index (χ0v) is 15.2. The number of hydrogen-bond donors (Lipinski definition) is 1. The van der Waals surface area contributed by atoms with E-state index >= 15 is 0 Å². The van der Waals surface area contributed by atoms with E-state index in [1.165, 1.54) is 29.1 Å². The van der Waals surface area contributed by atoms with Gasteiger partial charge in [0.2, 0.25) is 0 Å². The molecular formula is C17H9Cl2F4N3O2. The number of nitrogens with zero attached hydrogens (tertiary/aromatic N) is 2. The van der Waals surface area contributed by atoms with Gasteiger partial charge in [0.1, 0.15) is 11.4 Å². The third-order valence-electron chi connectivity index (χ3n) is 3.47. The monoisotopic (exact) mass is 433 g/mol. The lowest BCUT2D eigenvalue weighted by molar-refractivity contribution is 0.101. The van der Waals surface area contributed by atoms with Crippen LogP contribution < -0.4 is 10.1 Å². The average molecular weight is 434 g/mol. The Morgan fingerprint density at radius 2 is 1.75 bits per heavy atom. The maximum atomic E-state index is 13.6. The van der Waals surface area contributed by atoms with Gasteiger partial charge in [0.05, 0.1) is 5.02 Å². The molecule has 3 aromatic rings. The van der Waals surface area contributed by atoms with Gasteiger partial charge in [-0.25, -0.2) is 22.2 Å². The van der Waals surface area contributed by atoms with Gasteiger partial charge in [-0.3, -0.25) is 4.79 Å². The van der Waals surface area contributed by atoms with Gasteiger partial charge in [0.15, 0.2) is 35.7 Å². The molecule has 1 amide bonds. The molecule has 0 atom stereocenters. The van der Waals surface area contributed by atoms with E-state index in [0.717, 1.165) is 0 Å². The van der Waals surface area contributed by atoms with E-state index in [-0.39, 0.29) is 23.5 Å². The Morgan fingerprint density at radius 3 is 2.39 bits per heavy atom. The topological polar surface area (TPSA) is 56.2 Å². The first kappa shape index (κ1) is 20.0. The van der Waals surface area contributed by atoms with Crippen molar-refractivity contribution in [1.82, 2.24) is 9.78 Å². The smallest absolute Gasteiger partial charge is 0.276 e. The number of aromatic nitrogens is 2. The van der Waals surface area contributed by atoms with Crippen LogP contribution in [-0.2, 0) is 6.73 Å². The minimum Gasteiger partial charge on any atom is -0.470 e. The summed E-state index contributed by atoms with van der Waals surface area (Å²) in [6, 6.07) is 5.82. The molecule has 0 fully saturated rings. The molecule has 11 heteroatoms. The van der Waals surface area contributed by atoms with Crippen LogP contribution in [0.1, 0.15) is 10.5 Å². The Bertz CT molecular complexity index is 1030. The van der Waals surface area contributed by atoms with Gasteiger partial charge in [-0.15, -0.1) is 0 Å². The summed E-state index contributed by atoms with van der Waals surface area (Å²) in [5.41, 5.74) is -1.52. The zero-order chi connectivity index (χ0) is 20.4. The molecule has 1 heterocycles. The number of hydrogen-bond acceptors (Lipinski definition) is 3. The van der Waals surface area contributed by atoms with E-state index in [1.54, 1.807) is 11.4 Å². The normalized spacial score (nSPS) is 10.8. The van der Waals surface area contributed by atoms with Crippen LogP contribution in [-0.4, -0.2) is 15.7 Å². The van der Waals surface area contributed by atoms with Gasteiger partial charge in [0.25, 0.3) is 5.91 Å². The average Bonchev–Trinajstić information content (AvgIpc) is 3.12. The second kappa shape index (κ2) is 8.07. The van der Waals surface area contributed by atoms with Crippen molar-refractivity contribution >= 4 is 34.8 Å². The fourth-order valence-electron chi connectivity index (χ4n) is 2.14. The van der Waals surface area contributed by atoms with Gasteiger partial charge >= 0.3 is 0 Å². The first-order valence-corrected chi connectivity index (χ1v) is 8.27. The highest BCUT2D eigenvalue weighted by atomic mass is 35.5. The number of amides is 1. The maximum Gasteiger partial charge on any atom is 0.276 e. The Labute approximate surface area is 165 Å². The van der Waals surface area contributed by atoms with Crippen LogP contribution in [0.5, 0.6) is 5.75 Å². The summed E-state index contributed by atoms with van der Waals surface area (Å²) in [5, 5.41) is 6.29. The largest absolute Gasteiger partial charge is 0.470 e. The van der Waals surface area contributed by atoms with Gasteiger partial charge in [-0.1, -0.05) is 23.2 Å². The fraction of sp³-hybridized carbons (Fsp3) is 0.0588. The van der Waals surface area contributed by atoms with Crippen molar-refractivity contribution in [3.8, 4) is 5.75 Å². The van der Waals surface area contributed by atoms with Crippen LogP contribution in [0.4, 0.5) is 23.2 Å². The molecule has 0 aliphatic carbocycles. The lowest BCUT2D eigenvalue weighted by Crippen LogP contribution is -2.17. The second-order valence-electron chi connectivity index (χ2n) is 5.39. The van der Waals surface area contributed by atoms with Crippen LogP contribution in [0.15, 0.2) is 36.5 Å². The molecule has 0 saturated carbocycles. The number of ether oxygens (including phenoxy) is 1. The van der Waals surface area contributed by atoms with E-state index in [9.17, 15) is 22.4 Å². The quantitative estimate of drug-likeness (QED) is 0.453. The summed E-state index contributed by atoms with van der Waals surface area (Å²) in [5.74, 6) is -7.52. The first-order valence-electron chi connectivity index (χ1n) is 7.52. The van der Waals surface area contributed by atoms with Crippen molar-refractivity contribution in [2.45, 2.75) is 6.73 Å². The summed E-state index contributed by atoms with van der Waals surface area (Å²) >= 11 is 11.7. The highest BCUT2D eigenvalue weighted by Gasteiger charge is 2.22. The molecule has 146 valence electrons. The summed E-state index contributed by atoms with van der Waals surface area (Å²) in [6.45, 7) is -0.147. The molecule has 5 nitrogen and oxygen atoms in total. The SMILES string of the molecule is O=C(Nc1c(F)c(F)cc(F)c1F)c1ccn(COc2ccc(Cl)cc2Cl)n1. The van der Waals surface area contributed by atoms with Crippen molar-refractivity contribution in [3.05, 3.63) is 75.5 Å². The number of anilines is 1. The van der Waals surface area contributed by atoms with E-state index < -0.39 is 34.9 Å². The second-order valence-corrected chi connectivity index (χ2v) is 6.23. The summed E-state index contributed by atoms with van der Waals surface area (Å²) < 4.78 is 60.3. The molecule has 2 aromatic carbocycles. The van der Waals surface area contributed by atoms with Gasteiger partial charge in [-0.2, -0.15) is 5.10 Å². The molecule has 1 aromatic heterocycles. The molecule has 0 unspecified atom stereocenters. The molecule has 0 aliphatic heterocycles. The van der Waals surface area contributed by atoms with Crippen molar-refractivity contribution in [2.24, 2.45) is 0 Å². The van der Waals surface area contributed by atoms with Gasteiger partial charge in [0, 0.05) is 17.3 Å². The van der Waals surface area contributed by atoms with Crippen molar-refractivity contribution in [2.75, 3.05) is 5.32 Å². The summed E-state index contributed by atoms with van der Waals surface area (Å²) in [6.07, 6.45) is 1.34. The lowest BCUT2D eigenvalue weighted by atomic mass is 10.2.